The molecule has 16 heavy (non-hydrogen) atoms. The Morgan fingerprint density at radius 2 is 2.19 bits per heavy atom. The zero-order valence-corrected chi connectivity index (χ0v) is 9.70. The van der Waals surface area contributed by atoms with Crippen molar-refractivity contribution in [2.45, 2.75) is 39.2 Å². The maximum absolute atomic E-state index is 13.6. The van der Waals surface area contributed by atoms with Gasteiger partial charge in [-0.25, -0.2) is 14.4 Å². The predicted molar refractivity (Wildman–Crippen MR) is 60.8 cm³/mol. The van der Waals surface area contributed by atoms with E-state index in [1.165, 1.54) is 6.33 Å². The normalized spacial score (nSPS) is 12.5. The van der Waals surface area contributed by atoms with E-state index in [0.29, 0.717) is 31.5 Å². The second kappa shape index (κ2) is 6.37. The highest BCUT2D eigenvalue weighted by molar-refractivity contribution is 5.37. The molecule has 1 unspecified atom stereocenters. The molecule has 90 valence electrons. The summed E-state index contributed by atoms with van der Waals surface area (Å²) >= 11 is 0. The van der Waals surface area contributed by atoms with Gasteiger partial charge in [-0.05, 0) is 19.3 Å². The average molecular weight is 227 g/mol. The van der Waals surface area contributed by atoms with E-state index in [9.17, 15) is 9.50 Å². The molecule has 0 fully saturated rings. The topological polar surface area (TPSA) is 58.0 Å². The Morgan fingerprint density at radius 3 is 2.81 bits per heavy atom. The number of anilines is 1. The van der Waals surface area contributed by atoms with Gasteiger partial charge >= 0.3 is 0 Å². The number of aliphatic hydroxyl groups excluding tert-OH is 1. The van der Waals surface area contributed by atoms with E-state index in [-0.39, 0.29) is 11.9 Å². The van der Waals surface area contributed by atoms with Crippen molar-refractivity contribution in [1.29, 1.82) is 0 Å². The lowest BCUT2D eigenvalue weighted by molar-refractivity contribution is 0.164. The van der Waals surface area contributed by atoms with Crippen LogP contribution in [0.5, 0.6) is 0 Å². The quantitative estimate of drug-likeness (QED) is 0.777. The minimum atomic E-state index is -0.393. The van der Waals surface area contributed by atoms with Crippen LogP contribution in [0.4, 0.5) is 10.2 Å². The van der Waals surface area contributed by atoms with Gasteiger partial charge in [-0.15, -0.1) is 0 Å². The van der Waals surface area contributed by atoms with Crippen molar-refractivity contribution in [2.24, 2.45) is 0 Å². The van der Waals surface area contributed by atoms with Gasteiger partial charge in [0.1, 0.15) is 6.33 Å². The molecule has 0 spiro atoms. The van der Waals surface area contributed by atoms with Crippen molar-refractivity contribution in [3.63, 3.8) is 0 Å². The third kappa shape index (κ3) is 3.41. The number of hydrogen-bond acceptors (Lipinski definition) is 4. The molecule has 4 nitrogen and oxygen atoms in total. The monoisotopic (exact) mass is 227 g/mol. The molecule has 1 rings (SSSR count). The molecular formula is C11H18FN3O. The van der Waals surface area contributed by atoms with E-state index in [2.05, 4.69) is 15.3 Å². The fourth-order valence-electron chi connectivity index (χ4n) is 1.34. The number of hydrogen-bond donors (Lipinski definition) is 2. The van der Waals surface area contributed by atoms with Gasteiger partial charge in [0, 0.05) is 6.54 Å². The molecule has 0 saturated carbocycles. The predicted octanol–water partition coefficient (Wildman–Crippen LogP) is 1.75. The SMILES string of the molecule is CCc1ncnc(NCCC(O)CC)c1F. The van der Waals surface area contributed by atoms with E-state index in [0.717, 1.165) is 0 Å². The maximum atomic E-state index is 13.6. The van der Waals surface area contributed by atoms with Gasteiger partial charge in [0.25, 0.3) is 0 Å². The highest BCUT2D eigenvalue weighted by Gasteiger charge is 2.09. The summed E-state index contributed by atoms with van der Waals surface area (Å²) in [6, 6.07) is 0. The molecule has 0 bridgehead atoms. The molecule has 1 heterocycles. The molecule has 1 aromatic rings. The van der Waals surface area contributed by atoms with Crippen LogP contribution in [-0.4, -0.2) is 27.7 Å². The largest absolute Gasteiger partial charge is 0.393 e. The van der Waals surface area contributed by atoms with E-state index < -0.39 is 5.82 Å². The summed E-state index contributed by atoms with van der Waals surface area (Å²) in [5.41, 5.74) is 0.411. The van der Waals surface area contributed by atoms with Gasteiger partial charge in [-0.2, -0.15) is 0 Å². The molecule has 0 amide bonds. The number of rotatable bonds is 6. The first kappa shape index (κ1) is 12.8. The van der Waals surface area contributed by atoms with Crippen molar-refractivity contribution < 1.29 is 9.50 Å². The highest BCUT2D eigenvalue weighted by atomic mass is 19.1. The number of halogens is 1. The summed E-state index contributed by atoms with van der Waals surface area (Å²) in [6.07, 6.45) is 2.83. The summed E-state index contributed by atoms with van der Waals surface area (Å²) in [4.78, 5) is 7.67. The Kier molecular flexibility index (Phi) is 5.11. The van der Waals surface area contributed by atoms with Crippen LogP contribution in [0.25, 0.3) is 0 Å². The third-order valence-electron chi connectivity index (χ3n) is 2.44. The molecular weight excluding hydrogens is 209 g/mol. The first-order valence-corrected chi connectivity index (χ1v) is 5.60. The highest BCUT2D eigenvalue weighted by Crippen LogP contribution is 2.13. The van der Waals surface area contributed by atoms with E-state index in [4.69, 9.17) is 0 Å². The Hall–Kier alpha value is -1.23. The summed E-state index contributed by atoms with van der Waals surface area (Å²) in [5, 5.41) is 12.2. The average Bonchev–Trinajstić information content (AvgIpc) is 2.31. The molecule has 0 aliphatic rings. The van der Waals surface area contributed by atoms with Gasteiger partial charge < -0.3 is 10.4 Å². The lowest BCUT2D eigenvalue weighted by Gasteiger charge is -2.10. The molecule has 2 N–H and O–H groups in total. The van der Waals surface area contributed by atoms with Gasteiger partial charge in [-0.3, -0.25) is 0 Å². The summed E-state index contributed by atoms with van der Waals surface area (Å²) in [5.74, 6) is -0.175. The van der Waals surface area contributed by atoms with Crippen LogP contribution in [0.2, 0.25) is 0 Å². The summed E-state index contributed by atoms with van der Waals surface area (Å²) < 4.78 is 13.6. The van der Waals surface area contributed by atoms with Crippen molar-refractivity contribution in [2.75, 3.05) is 11.9 Å². The third-order valence-corrected chi connectivity index (χ3v) is 2.44. The molecule has 1 aromatic heterocycles. The second-order valence-electron chi connectivity index (χ2n) is 3.61. The maximum Gasteiger partial charge on any atom is 0.186 e. The number of aliphatic hydroxyl groups is 1. The van der Waals surface area contributed by atoms with Crippen molar-refractivity contribution >= 4 is 5.82 Å². The Bertz CT molecular complexity index is 333. The van der Waals surface area contributed by atoms with Crippen LogP contribution in [-0.2, 0) is 6.42 Å². The van der Waals surface area contributed by atoms with Gasteiger partial charge in [0.2, 0.25) is 0 Å². The number of aromatic nitrogens is 2. The Balaban J connectivity index is 2.54. The summed E-state index contributed by atoms with van der Waals surface area (Å²) in [6.45, 7) is 4.26. The van der Waals surface area contributed by atoms with E-state index in [1.54, 1.807) is 0 Å². The zero-order valence-electron chi connectivity index (χ0n) is 9.70. The first-order valence-electron chi connectivity index (χ1n) is 5.60. The Morgan fingerprint density at radius 1 is 1.44 bits per heavy atom. The van der Waals surface area contributed by atoms with Gasteiger partial charge in [0.05, 0.1) is 11.8 Å². The van der Waals surface area contributed by atoms with Crippen molar-refractivity contribution in [1.82, 2.24) is 9.97 Å². The van der Waals surface area contributed by atoms with Crippen molar-refractivity contribution in [3.8, 4) is 0 Å². The van der Waals surface area contributed by atoms with Crippen LogP contribution < -0.4 is 5.32 Å². The van der Waals surface area contributed by atoms with Crippen molar-refractivity contribution in [3.05, 3.63) is 17.8 Å². The fourth-order valence-corrected chi connectivity index (χ4v) is 1.34. The molecule has 0 aliphatic carbocycles. The first-order chi connectivity index (χ1) is 7.69. The molecule has 5 heteroatoms. The standard InChI is InChI=1S/C11H18FN3O/c1-3-8(16)5-6-13-11-10(12)9(4-2)14-7-15-11/h7-8,16H,3-6H2,1-2H3,(H,13,14,15). The van der Waals surface area contributed by atoms with Crippen LogP contribution >= 0.6 is 0 Å². The van der Waals surface area contributed by atoms with Crippen LogP contribution in [0.15, 0.2) is 6.33 Å². The minimum Gasteiger partial charge on any atom is -0.393 e. The molecule has 1 atom stereocenters. The second-order valence-corrected chi connectivity index (χ2v) is 3.61. The molecule has 0 saturated heterocycles. The van der Waals surface area contributed by atoms with Gasteiger partial charge in [0.15, 0.2) is 11.6 Å². The Labute approximate surface area is 94.9 Å². The van der Waals surface area contributed by atoms with Crippen LogP contribution in [0.1, 0.15) is 32.4 Å². The number of nitrogens with zero attached hydrogens (tertiary/aromatic N) is 2. The number of nitrogens with one attached hydrogen (secondary N) is 1. The van der Waals surface area contributed by atoms with Crippen LogP contribution in [0, 0.1) is 5.82 Å². The van der Waals surface area contributed by atoms with E-state index >= 15 is 0 Å². The lowest BCUT2D eigenvalue weighted by atomic mass is 10.2. The molecule has 0 radical (unpaired) electrons. The van der Waals surface area contributed by atoms with Crippen LogP contribution in [0.3, 0.4) is 0 Å². The fraction of sp³-hybridized carbons (Fsp3) is 0.636. The molecule has 0 aromatic carbocycles. The van der Waals surface area contributed by atoms with Gasteiger partial charge in [-0.1, -0.05) is 13.8 Å². The molecule has 0 aliphatic heterocycles. The lowest BCUT2D eigenvalue weighted by Crippen LogP contribution is -2.14. The number of aryl methyl sites for hydroxylation is 1. The van der Waals surface area contributed by atoms with E-state index in [1.807, 2.05) is 13.8 Å². The zero-order chi connectivity index (χ0) is 12.0. The summed E-state index contributed by atoms with van der Waals surface area (Å²) in [7, 11) is 0. The minimum absolute atomic E-state index is 0.218. The smallest absolute Gasteiger partial charge is 0.186 e.